The lowest BCUT2D eigenvalue weighted by Crippen LogP contribution is -2.74. The molecule has 0 spiro atoms. The molecule has 0 unspecified atom stereocenters. The van der Waals surface area contributed by atoms with Crippen LogP contribution in [0.25, 0.3) is 0 Å². The van der Waals surface area contributed by atoms with E-state index in [4.69, 9.17) is 4.55 Å². The van der Waals surface area contributed by atoms with Gasteiger partial charge in [0.1, 0.15) is 0 Å². The SMILES string of the molecule is CCC[N+](C)(CCC)CCC.O=S(=O)(O)C(F)(F)C(F)(F)C(F)(F)C(F)(F)C(F)(F)C(F)(F)C(F)(F)C(F)(F)F. The van der Waals surface area contributed by atoms with Crippen molar-refractivity contribution in [3.05, 3.63) is 0 Å². The van der Waals surface area contributed by atoms with E-state index in [1.54, 1.807) is 0 Å². The summed E-state index contributed by atoms with van der Waals surface area (Å²) in [5.74, 6) is -52.0. The van der Waals surface area contributed by atoms with Gasteiger partial charge in [0.2, 0.25) is 0 Å². The fraction of sp³-hybridized carbons (Fsp3) is 1.00. The quantitative estimate of drug-likeness (QED) is 0.127. The average Bonchev–Trinajstić information content (AvgIpc) is 2.72. The second-order valence-corrected chi connectivity index (χ2v) is 10.2. The zero-order valence-corrected chi connectivity index (χ0v) is 21.6. The maximum absolute atomic E-state index is 13.0. The first kappa shape index (κ1) is 40.8. The second kappa shape index (κ2) is 12.1. The highest BCUT2D eigenvalue weighted by Crippen LogP contribution is 2.64. The van der Waals surface area contributed by atoms with Gasteiger partial charge in [-0.2, -0.15) is 83.1 Å². The van der Waals surface area contributed by atoms with E-state index in [0.717, 1.165) is 0 Å². The summed E-state index contributed by atoms with van der Waals surface area (Å²) in [6.07, 6.45) is -3.93. The third-order valence-electron chi connectivity index (χ3n) is 5.31. The highest BCUT2D eigenvalue weighted by Gasteiger charge is 2.96. The van der Waals surface area contributed by atoms with Crippen LogP contribution in [0.15, 0.2) is 0 Å². The molecule has 0 aromatic heterocycles. The molecule has 0 aromatic carbocycles. The van der Waals surface area contributed by atoms with Crippen molar-refractivity contribution in [2.75, 3.05) is 26.7 Å². The van der Waals surface area contributed by atoms with Crippen LogP contribution in [0.3, 0.4) is 0 Å². The van der Waals surface area contributed by atoms with E-state index in [-0.39, 0.29) is 0 Å². The molecule has 0 aliphatic carbocycles. The summed E-state index contributed by atoms with van der Waals surface area (Å²) in [6.45, 7) is 10.9. The number of hydrogen-bond donors (Lipinski definition) is 1. The summed E-state index contributed by atoms with van der Waals surface area (Å²) in [5, 5.41) is -7.84. The van der Waals surface area contributed by atoms with E-state index in [0.29, 0.717) is 0 Å². The van der Waals surface area contributed by atoms with Gasteiger partial charge < -0.3 is 4.48 Å². The average molecular weight is 658 g/mol. The normalized spacial score (nSPS) is 15.6. The van der Waals surface area contributed by atoms with E-state index in [1.807, 2.05) is 0 Å². The van der Waals surface area contributed by atoms with Crippen molar-refractivity contribution in [3.63, 3.8) is 0 Å². The molecule has 0 aromatic rings. The van der Waals surface area contributed by atoms with Crippen molar-refractivity contribution in [2.45, 2.75) is 87.0 Å². The van der Waals surface area contributed by atoms with Crippen LogP contribution in [0.5, 0.6) is 0 Å². The minimum absolute atomic E-state index is 1.28. The van der Waals surface area contributed by atoms with Gasteiger partial charge in [-0.1, -0.05) is 20.8 Å². The fourth-order valence-corrected chi connectivity index (χ4v) is 3.72. The zero-order valence-electron chi connectivity index (χ0n) is 20.8. The highest BCUT2D eigenvalue weighted by molar-refractivity contribution is 7.87. The standard InChI is InChI=1S/C10H24N.C8HF17O3S/c1-5-8-11(4,9-6-2)10-7-3;9-1(10,3(13,14)5(17,18)7(21,22)23)2(11,12)4(15,16)6(19,20)8(24,25)29(26,27)28/h5-10H2,1-4H3;(H,26,27,28)/q+1;. The first-order valence-corrected chi connectivity index (χ1v) is 12.1. The molecule has 1 N–H and O–H groups in total. The Morgan fingerprint density at radius 3 is 0.925 bits per heavy atom. The molecule has 4 nitrogen and oxygen atoms in total. The van der Waals surface area contributed by atoms with Crippen molar-refractivity contribution < 1.29 is 92.1 Å². The number of hydrogen-bond acceptors (Lipinski definition) is 2. The third-order valence-corrected chi connectivity index (χ3v) is 6.21. The van der Waals surface area contributed by atoms with Crippen molar-refractivity contribution >= 4 is 10.1 Å². The Balaban J connectivity index is 0. The highest BCUT2D eigenvalue weighted by atomic mass is 32.2. The van der Waals surface area contributed by atoms with Crippen LogP contribution >= 0.6 is 0 Å². The van der Waals surface area contributed by atoms with Crippen LogP contribution in [-0.4, -0.2) is 91.1 Å². The van der Waals surface area contributed by atoms with Crippen molar-refractivity contribution in [2.24, 2.45) is 0 Å². The Morgan fingerprint density at radius 1 is 0.500 bits per heavy atom. The van der Waals surface area contributed by atoms with Crippen LogP contribution in [0.4, 0.5) is 74.6 Å². The number of rotatable bonds is 13. The van der Waals surface area contributed by atoms with E-state index < -0.39 is 57.1 Å². The molecular formula is C18H25F17NO3S+. The third kappa shape index (κ3) is 6.83. The lowest BCUT2D eigenvalue weighted by atomic mass is 9.91. The van der Waals surface area contributed by atoms with Gasteiger partial charge in [-0.3, -0.25) is 4.55 Å². The molecule has 0 saturated heterocycles. The first-order chi connectivity index (χ1) is 17.2. The largest absolute Gasteiger partial charge is 0.460 e. The van der Waals surface area contributed by atoms with Gasteiger partial charge in [0.15, 0.2) is 0 Å². The molecule has 0 rings (SSSR count). The van der Waals surface area contributed by atoms with Crippen molar-refractivity contribution in [1.29, 1.82) is 0 Å². The van der Waals surface area contributed by atoms with Gasteiger partial charge in [0, 0.05) is 0 Å². The predicted molar refractivity (Wildman–Crippen MR) is 104 cm³/mol. The molecule has 22 heteroatoms. The van der Waals surface area contributed by atoms with Crippen LogP contribution in [-0.2, 0) is 10.1 Å². The molecule has 0 aliphatic rings. The molecule has 0 radical (unpaired) electrons. The van der Waals surface area contributed by atoms with Gasteiger partial charge >= 0.3 is 57.1 Å². The van der Waals surface area contributed by atoms with Crippen LogP contribution in [0, 0.1) is 0 Å². The summed E-state index contributed by atoms with van der Waals surface area (Å²) >= 11 is 0. The van der Waals surface area contributed by atoms with Crippen LogP contribution in [0.1, 0.15) is 40.0 Å². The Hall–Kier alpha value is -1.32. The van der Waals surface area contributed by atoms with Gasteiger partial charge in [0.25, 0.3) is 0 Å². The zero-order chi connectivity index (χ0) is 33.2. The van der Waals surface area contributed by atoms with Crippen molar-refractivity contribution in [1.82, 2.24) is 0 Å². The fourth-order valence-electron chi connectivity index (χ4n) is 3.27. The van der Waals surface area contributed by atoms with Crippen LogP contribution < -0.4 is 0 Å². The number of halogens is 17. The van der Waals surface area contributed by atoms with E-state index in [1.165, 1.54) is 43.4 Å². The lowest BCUT2D eigenvalue weighted by Gasteiger charge is -2.42. The number of quaternary nitrogens is 1. The van der Waals surface area contributed by atoms with Crippen molar-refractivity contribution in [3.8, 4) is 0 Å². The maximum atomic E-state index is 13.0. The van der Waals surface area contributed by atoms with Gasteiger partial charge in [0.05, 0.1) is 26.7 Å². The Kier molecular flexibility index (Phi) is 12.4. The van der Waals surface area contributed by atoms with Gasteiger partial charge in [-0.25, -0.2) is 0 Å². The topological polar surface area (TPSA) is 54.4 Å². The molecule has 0 atom stereocenters. The summed E-state index contributed by atoms with van der Waals surface area (Å²) in [7, 11) is -5.51. The molecule has 0 bridgehead atoms. The summed E-state index contributed by atoms with van der Waals surface area (Å²) in [5.41, 5.74) is 0. The second-order valence-electron chi connectivity index (χ2n) is 8.73. The number of alkyl halides is 17. The monoisotopic (exact) mass is 658 g/mol. The molecule has 0 amide bonds. The smallest absolute Gasteiger partial charge is 0.326 e. The molecule has 0 heterocycles. The lowest BCUT2D eigenvalue weighted by molar-refractivity contribution is -0.909. The maximum Gasteiger partial charge on any atom is 0.460 e. The van der Waals surface area contributed by atoms with Gasteiger partial charge in [-0.05, 0) is 19.3 Å². The Bertz CT molecular complexity index is 915. The molecule has 40 heavy (non-hydrogen) atoms. The minimum Gasteiger partial charge on any atom is -0.326 e. The summed E-state index contributed by atoms with van der Waals surface area (Å²) < 4.78 is 244. The van der Waals surface area contributed by atoms with E-state index >= 15 is 0 Å². The minimum atomic E-state index is -8.89. The molecule has 0 fully saturated rings. The Labute approximate surface area is 216 Å². The number of nitrogens with zero attached hydrogens (tertiary/aromatic N) is 1. The summed E-state index contributed by atoms with van der Waals surface area (Å²) in [4.78, 5) is 0. The van der Waals surface area contributed by atoms with E-state index in [2.05, 4.69) is 27.8 Å². The predicted octanol–water partition coefficient (Wildman–Crippen LogP) is 7.50. The molecule has 244 valence electrons. The molecule has 0 aliphatic heterocycles. The van der Waals surface area contributed by atoms with Gasteiger partial charge in [-0.15, -0.1) is 0 Å². The molecule has 0 saturated carbocycles. The summed E-state index contributed by atoms with van der Waals surface area (Å²) in [6, 6.07) is 0. The Morgan fingerprint density at radius 2 is 0.725 bits per heavy atom. The molecular weight excluding hydrogens is 633 g/mol. The van der Waals surface area contributed by atoms with E-state index in [9.17, 15) is 83.1 Å². The van der Waals surface area contributed by atoms with Crippen LogP contribution in [0.2, 0.25) is 0 Å². The first-order valence-electron chi connectivity index (χ1n) is 10.7.